The predicted octanol–water partition coefficient (Wildman–Crippen LogP) is 1.23. The van der Waals surface area contributed by atoms with Crippen molar-refractivity contribution >= 4 is 12.7 Å². The Balaban J connectivity index is 1.40. The lowest BCUT2D eigenvalue weighted by Gasteiger charge is -2.14. The Morgan fingerprint density at radius 3 is 1.62 bits per heavy atom. The number of hydrogen-bond acceptors (Lipinski definition) is 4. The Morgan fingerprint density at radius 1 is 0.750 bits per heavy atom. The van der Waals surface area contributed by atoms with Gasteiger partial charge in [-0.05, 0) is 12.8 Å². The van der Waals surface area contributed by atoms with E-state index in [9.17, 15) is 0 Å². The third-order valence-corrected chi connectivity index (χ3v) is 3.16. The first kappa shape index (κ1) is 11.4. The minimum atomic E-state index is 0.994. The molecule has 0 aliphatic carbocycles. The molecule has 90 valence electrons. The molecule has 0 saturated heterocycles. The second kappa shape index (κ2) is 6.51. The lowest BCUT2D eigenvalue weighted by atomic mass is 10.2. The molecule has 0 aromatic heterocycles. The van der Waals surface area contributed by atoms with Crippen LogP contribution in [0.1, 0.15) is 25.7 Å². The molecule has 16 heavy (non-hydrogen) atoms. The Labute approximate surface area is 98.1 Å². The van der Waals surface area contributed by atoms with Gasteiger partial charge >= 0.3 is 0 Å². The summed E-state index contributed by atoms with van der Waals surface area (Å²) in [5, 5.41) is 0. The van der Waals surface area contributed by atoms with E-state index in [1.54, 1.807) is 0 Å². The van der Waals surface area contributed by atoms with E-state index in [0.29, 0.717) is 0 Å². The summed E-state index contributed by atoms with van der Waals surface area (Å²) >= 11 is 0. The molecule has 0 atom stereocenters. The first-order valence-electron chi connectivity index (χ1n) is 6.43. The van der Waals surface area contributed by atoms with Gasteiger partial charge < -0.3 is 9.80 Å². The molecular weight excluding hydrogens is 200 g/mol. The smallest absolute Gasteiger partial charge is 0.0851 e. The molecule has 2 aliphatic heterocycles. The van der Waals surface area contributed by atoms with Gasteiger partial charge in [-0.25, -0.2) is 0 Å². The van der Waals surface area contributed by atoms with E-state index in [4.69, 9.17) is 0 Å². The lowest BCUT2D eigenvalue weighted by Crippen LogP contribution is -2.21. The second-order valence-corrected chi connectivity index (χ2v) is 4.53. The van der Waals surface area contributed by atoms with E-state index < -0.39 is 0 Å². The van der Waals surface area contributed by atoms with Crippen molar-refractivity contribution in [2.45, 2.75) is 25.7 Å². The van der Waals surface area contributed by atoms with Crippen LogP contribution in [0.3, 0.4) is 0 Å². The highest BCUT2D eigenvalue weighted by Gasteiger charge is 2.05. The zero-order valence-corrected chi connectivity index (χ0v) is 10.0. The van der Waals surface area contributed by atoms with Crippen molar-refractivity contribution in [3.05, 3.63) is 0 Å². The minimum Gasteiger partial charge on any atom is -0.361 e. The van der Waals surface area contributed by atoms with E-state index in [1.165, 1.54) is 38.8 Å². The summed E-state index contributed by atoms with van der Waals surface area (Å²) in [5.41, 5.74) is 0. The first-order chi connectivity index (χ1) is 7.95. The number of aliphatic imine (C=N–C) groups is 2. The van der Waals surface area contributed by atoms with Crippen LogP contribution in [0.2, 0.25) is 0 Å². The number of unbranched alkanes of at least 4 members (excludes halogenated alkanes) is 3. The van der Waals surface area contributed by atoms with Gasteiger partial charge in [-0.15, -0.1) is 0 Å². The molecule has 4 nitrogen and oxygen atoms in total. The minimum absolute atomic E-state index is 0.994. The van der Waals surface area contributed by atoms with E-state index in [1.807, 2.05) is 12.7 Å². The maximum atomic E-state index is 4.21. The highest BCUT2D eigenvalue weighted by molar-refractivity contribution is 5.57. The Hall–Kier alpha value is -1.06. The van der Waals surface area contributed by atoms with Gasteiger partial charge in [-0.1, -0.05) is 12.8 Å². The molecule has 0 bridgehead atoms. The summed E-state index contributed by atoms with van der Waals surface area (Å²) in [6.07, 6.45) is 9.30. The zero-order chi connectivity index (χ0) is 11.1. The molecule has 0 unspecified atom stereocenters. The first-order valence-corrected chi connectivity index (χ1v) is 6.43. The fraction of sp³-hybridized carbons (Fsp3) is 0.833. The van der Waals surface area contributed by atoms with Crippen molar-refractivity contribution in [2.75, 3.05) is 39.3 Å². The fourth-order valence-corrected chi connectivity index (χ4v) is 2.16. The molecule has 2 rings (SSSR count). The van der Waals surface area contributed by atoms with Crippen LogP contribution in [0.5, 0.6) is 0 Å². The quantitative estimate of drug-likeness (QED) is 0.607. The van der Waals surface area contributed by atoms with Crippen LogP contribution in [0.15, 0.2) is 9.98 Å². The van der Waals surface area contributed by atoms with Crippen LogP contribution >= 0.6 is 0 Å². The molecule has 0 amide bonds. The largest absolute Gasteiger partial charge is 0.361 e. The summed E-state index contributed by atoms with van der Waals surface area (Å²) in [7, 11) is 0. The van der Waals surface area contributed by atoms with E-state index in [0.717, 1.165) is 26.2 Å². The van der Waals surface area contributed by atoms with Crippen LogP contribution in [0.25, 0.3) is 0 Å². The van der Waals surface area contributed by atoms with Gasteiger partial charge in [0, 0.05) is 26.2 Å². The predicted molar refractivity (Wildman–Crippen MR) is 68.3 cm³/mol. The SMILES string of the molecule is C1=NCCN1CCCCCCN1C=NCC1. The highest BCUT2D eigenvalue weighted by atomic mass is 15.2. The van der Waals surface area contributed by atoms with Gasteiger partial charge in [-0.2, -0.15) is 0 Å². The summed E-state index contributed by atoms with van der Waals surface area (Å²) < 4.78 is 0. The van der Waals surface area contributed by atoms with Crippen LogP contribution in [-0.2, 0) is 0 Å². The van der Waals surface area contributed by atoms with Crippen molar-refractivity contribution in [1.82, 2.24) is 9.80 Å². The van der Waals surface area contributed by atoms with Crippen molar-refractivity contribution in [1.29, 1.82) is 0 Å². The molecule has 0 radical (unpaired) electrons. The number of nitrogens with zero attached hydrogens (tertiary/aromatic N) is 4. The van der Waals surface area contributed by atoms with Gasteiger partial charge in [0.05, 0.1) is 25.8 Å². The Bertz CT molecular complexity index is 223. The molecule has 0 aromatic rings. The standard InChI is InChI=1S/C12H22N4/c1(3-7-15-9-5-13-11-15)2-4-8-16-10-6-14-12-16/h11-12H,1-10H2. The van der Waals surface area contributed by atoms with Crippen LogP contribution in [0, 0.1) is 0 Å². The molecule has 0 fully saturated rings. The molecular formula is C12H22N4. The van der Waals surface area contributed by atoms with E-state index >= 15 is 0 Å². The summed E-state index contributed by atoms with van der Waals surface area (Å²) in [4.78, 5) is 13.1. The van der Waals surface area contributed by atoms with Crippen molar-refractivity contribution in [3.63, 3.8) is 0 Å². The third-order valence-electron chi connectivity index (χ3n) is 3.16. The van der Waals surface area contributed by atoms with Crippen LogP contribution < -0.4 is 0 Å². The van der Waals surface area contributed by atoms with Crippen molar-refractivity contribution < 1.29 is 0 Å². The maximum Gasteiger partial charge on any atom is 0.0851 e. The van der Waals surface area contributed by atoms with Gasteiger partial charge in [0.1, 0.15) is 0 Å². The monoisotopic (exact) mass is 222 g/mol. The molecule has 0 saturated carbocycles. The second-order valence-electron chi connectivity index (χ2n) is 4.53. The average Bonchev–Trinajstić information content (AvgIpc) is 2.96. The number of hydrogen-bond donors (Lipinski definition) is 0. The fourth-order valence-electron chi connectivity index (χ4n) is 2.16. The molecule has 0 spiro atoms. The molecule has 0 aromatic carbocycles. The van der Waals surface area contributed by atoms with Gasteiger partial charge in [0.2, 0.25) is 0 Å². The summed E-state index contributed by atoms with van der Waals surface area (Å²) in [5.74, 6) is 0. The summed E-state index contributed by atoms with van der Waals surface area (Å²) in [6, 6.07) is 0. The van der Waals surface area contributed by atoms with Crippen molar-refractivity contribution in [2.24, 2.45) is 9.98 Å². The normalized spacial score (nSPS) is 19.0. The molecule has 2 heterocycles. The lowest BCUT2D eigenvalue weighted by molar-refractivity contribution is 0.418. The molecule has 0 N–H and O–H groups in total. The summed E-state index contributed by atoms with van der Waals surface area (Å²) in [6.45, 7) is 6.63. The number of rotatable bonds is 7. The van der Waals surface area contributed by atoms with E-state index in [2.05, 4.69) is 19.8 Å². The Morgan fingerprint density at radius 2 is 1.25 bits per heavy atom. The Kier molecular flexibility index (Phi) is 4.65. The van der Waals surface area contributed by atoms with Gasteiger partial charge in [-0.3, -0.25) is 9.98 Å². The highest BCUT2D eigenvalue weighted by Crippen LogP contribution is 2.04. The van der Waals surface area contributed by atoms with Gasteiger partial charge in [0.25, 0.3) is 0 Å². The van der Waals surface area contributed by atoms with Crippen LogP contribution in [-0.4, -0.2) is 61.7 Å². The topological polar surface area (TPSA) is 31.2 Å². The molecule has 4 heteroatoms. The third kappa shape index (κ3) is 3.83. The van der Waals surface area contributed by atoms with Crippen LogP contribution in [0.4, 0.5) is 0 Å². The van der Waals surface area contributed by atoms with Gasteiger partial charge in [0.15, 0.2) is 0 Å². The maximum absolute atomic E-state index is 4.21. The average molecular weight is 222 g/mol. The zero-order valence-electron chi connectivity index (χ0n) is 10.0. The van der Waals surface area contributed by atoms with E-state index in [-0.39, 0.29) is 0 Å². The molecule has 2 aliphatic rings. The van der Waals surface area contributed by atoms with Crippen molar-refractivity contribution in [3.8, 4) is 0 Å².